The van der Waals surface area contributed by atoms with Gasteiger partial charge in [0.15, 0.2) is 0 Å². The van der Waals surface area contributed by atoms with E-state index in [1.54, 1.807) is 48.5 Å². The zero-order chi connectivity index (χ0) is 24.7. The summed E-state index contributed by atoms with van der Waals surface area (Å²) in [6.45, 7) is 1.21. The van der Waals surface area contributed by atoms with Crippen LogP contribution in [-0.2, 0) is 9.59 Å². The average Bonchev–Trinajstić information content (AvgIpc) is 3.13. The summed E-state index contributed by atoms with van der Waals surface area (Å²) < 4.78 is 25.3. The number of carbonyl (C=O) groups is 2. The Morgan fingerprint density at radius 3 is 2.66 bits per heavy atom. The molecule has 2 aliphatic heterocycles. The van der Waals surface area contributed by atoms with Gasteiger partial charge in [0.1, 0.15) is 29.7 Å². The number of hydrogen-bond acceptors (Lipinski definition) is 6. The number of amides is 1. The molecule has 5 rings (SSSR count). The first-order chi connectivity index (χ1) is 16.9. The molecule has 3 aromatic rings. The first kappa shape index (κ1) is 22.5. The smallest absolute Gasteiger partial charge is 0.300 e. The van der Waals surface area contributed by atoms with Crippen LogP contribution in [0.25, 0.3) is 5.76 Å². The number of fused-ring (bicyclic) bond motifs is 1. The number of hydrogen-bond donors (Lipinski definition) is 1. The van der Waals surface area contributed by atoms with Crippen LogP contribution in [0.4, 0.5) is 15.8 Å². The summed E-state index contributed by atoms with van der Waals surface area (Å²) in [6, 6.07) is 16.4. The monoisotopic (exact) mass is 474 g/mol. The van der Waals surface area contributed by atoms with E-state index in [-0.39, 0.29) is 17.0 Å². The van der Waals surface area contributed by atoms with Crippen LogP contribution in [0, 0.1) is 5.82 Å². The number of nitrogens with zero attached hydrogens (tertiary/aromatic N) is 2. The molecule has 3 aromatic carbocycles. The van der Waals surface area contributed by atoms with Crippen molar-refractivity contribution in [2.75, 3.05) is 37.1 Å². The van der Waals surface area contributed by atoms with Crippen LogP contribution in [0.2, 0.25) is 0 Å². The number of rotatable bonds is 4. The number of para-hydroxylation sites is 1. The van der Waals surface area contributed by atoms with E-state index in [1.807, 2.05) is 11.9 Å². The van der Waals surface area contributed by atoms with Gasteiger partial charge in [-0.1, -0.05) is 24.3 Å². The summed E-state index contributed by atoms with van der Waals surface area (Å²) in [5.74, 6) is -1.54. The fourth-order valence-electron chi connectivity index (χ4n) is 4.56. The zero-order valence-corrected chi connectivity index (χ0v) is 19.2. The highest BCUT2D eigenvalue weighted by atomic mass is 19.1. The highest BCUT2D eigenvalue weighted by molar-refractivity contribution is 6.51. The maximum Gasteiger partial charge on any atom is 0.300 e. The Kier molecular flexibility index (Phi) is 5.64. The molecule has 0 radical (unpaired) electrons. The number of ether oxygens (including phenoxy) is 2. The SMILES string of the molecule is COc1ccccc1C1/C(=C(\O)c2ccc3c(c2)N(C)CCO3)C(=O)C(=O)N1c1cccc(F)c1. The Bertz CT molecular complexity index is 1370. The van der Waals surface area contributed by atoms with Crippen molar-refractivity contribution in [1.29, 1.82) is 0 Å². The summed E-state index contributed by atoms with van der Waals surface area (Å²) in [7, 11) is 3.38. The number of Topliss-reactive ketones (excluding diaryl/α,β-unsaturated/α-hetero) is 1. The Morgan fingerprint density at radius 2 is 1.89 bits per heavy atom. The summed E-state index contributed by atoms with van der Waals surface area (Å²) >= 11 is 0. The molecule has 2 aliphatic rings. The van der Waals surface area contributed by atoms with Crippen molar-refractivity contribution in [3.8, 4) is 11.5 Å². The number of likely N-dealkylation sites (N-methyl/N-ethyl adjacent to an activating group) is 1. The number of anilines is 2. The molecule has 178 valence electrons. The lowest BCUT2D eigenvalue weighted by molar-refractivity contribution is -0.132. The van der Waals surface area contributed by atoms with Gasteiger partial charge in [-0.25, -0.2) is 4.39 Å². The molecule has 1 fully saturated rings. The predicted molar refractivity (Wildman–Crippen MR) is 129 cm³/mol. The molecule has 8 heteroatoms. The minimum atomic E-state index is -1.03. The highest BCUT2D eigenvalue weighted by Crippen LogP contribution is 2.45. The maximum atomic E-state index is 14.1. The van der Waals surface area contributed by atoms with Gasteiger partial charge in [-0.15, -0.1) is 0 Å². The van der Waals surface area contributed by atoms with Crippen molar-refractivity contribution in [2.45, 2.75) is 6.04 Å². The van der Waals surface area contributed by atoms with E-state index in [0.29, 0.717) is 35.8 Å². The standard InChI is InChI=1S/C27H23FN2O5/c1-29-12-13-35-22-11-10-16(14-20(22)29)25(31)23-24(19-8-3-4-9-21(19)34-2)30(27(33)26(23)32)18-7-5-6-17(28)15-18/h3-11,14-15,24,31H,12-13H2,1-2H3/b25-23+. The van der Waals surface area contributed by atoms with E-state index in [1.165, 1.54) is 30.2 Å². The number of ketones is 1. The Morgan fingerprint density at radius 1 is 1.09 bits per heavy atom. The third-order valence-electron chi connectivity index (χ3n) is 6.29. The molecule has 1 unspecified atom stereocenters. The molecular weight excluding hydrogens is 451 g/mol. The number of methoxy groups -OCH3 is 1. The lowest BCUT2D eigenvalue weighted by Gasteiger charge is -2.28. The summed E-state index contributed by atoms with van der Waals surface area (Å²) in [5, 5.41) is 11.4. The molecule has 35 heavy (non-hydrogen) atoms. The second kappa shape index (κ2) is 8.79. The second-order valence-corrected chi connectivity index (χ2v) is 8.34. The summed E-state index contributed by atoms with van der Waals surface area (Å²) in [5.41, 5.74) is 1.69. The van der Waals surface area contributed by atoms with E-state index in [4.69, 9.17) is 9.47 Å². The van der Waals surface area contributed by atoms with Crippen molar-refractivity contribution < 1.29 is 28.6 Å². The fraction of sp³-hybridized carbons (Fsp3) is 0.185. The van der Waals surface area contributed by atoms with Crippen LogP contribution < -0.4 is 19.3 Å². The van der Waals surface area contributed by atoms with Gasteiger partial charge in [-0.2, -0.15) is 0 Å². The normalized spacial score (nSPS) is 18.9. The van der Waals surface area contributed by atoms with Crippen molar-refractivity contribution in [1.82, 2.24) is 0 Å². The van der Waals surface area contributed by atoms with E-state index in [0.717, 1.165) is 5.69 Å². The molecule has 2 heterocycles. The van der Waals surface area contributed by atoms with Crippen molar-refractivity contribution in [3.05, 3.63) is 89.2 Å². The van der Waals surface area contributed by atoms with Crippen LogP contribution in [0.1, 0.15) is 17.2 Å². The molecule has 0 aromatic heterocycles. The van der Waals surface area contributed by atoms with Crippen LogP contribution in [0.5, 0.6) is 11.5 Å². The second-order valence-electron chi connectivity index (χ2n) is 8.34. The molecule has 1 atom stereocenters. The van der Waals surface area contributed by atoms with Gasteiger partial charge in [0.25, 0.3) is 11.7 Å². The van der Waals surface area contributed by atoms with Gasteiger partial charge >= 0.3 is 0 Å². The van der Waals surface area contributed by atoms with Gasteiger partial charge in [0.05, 0.1) is 31.0 Å². The van der Waals surface area contributed by atoms with Crippen LogP contribution in [0.3, 0.4) is 0 Å². The molecule has 0 aliphatic carbocycles. The lowest BCUT2D eigenvalue weighted by atomic mass is 9.94. The van der Waals surface area contributed by atoms with Crippen molar-refractivity contribution in [2.24, 2.45) is 0 Å². The Balaban J connectivity index is 1.73. The lowest BCUT2D eigenvalue weighted by Crippen LogP contribution is -2.29. The molecular formula is C27H23FN2O5. The minimum absolute atomic E-state index is 0.108. The molecule has 7 nitrogen and oxygen atoms in total. The van der Waals surface area contributed by atoms with E-state index >= 15 is 0 Å². The topological polar surface area (TPSA) is 79.3 Å². The van der Waals surface area contributed by atoms with E-state index < -0.39 is 23.5 Å². The van der Waals surface area contributed by atoms with Gasteiger partial charge in [-0.05, 0) is 42.5 Å². The molecule has 0 bridgehead atoms. The van der Waals surface area contributed by atoms with Gasteiger partial charge in [0, 0.05) is 23.9 Å². The molecule has 0 saturated carbocycles. The van der Waals surface area contributed by atoms with Crippen LogP contribution >= 0.6 is 0 Å². The third-order valence-corrected chi connectivity index (χ3v) is 6.29. The minimum Gasteiger partial charge on any atom is -0.507 e. The molecule has 1 saturated heterocycles. The summed E-state index contributed by atoms with van der Waals surface area (Å²) in [6.07, 6.45) is 0. The number of aliphatic hydroxyl groups is 1. The van der Waals surface area contributed by atoms with Gasteiger partial charge in [-0.3, -0.25) is 14.5 Å². The zero-order valence-electron chi connectivity index (χ0n) is 19.2. The first-order valence-corrected chi connectivity index (χ1v) is 11.1. The van der Waals surface area contributed by atoms with Gasteiger partial charge in [0.2, 0.25) is 0 Å². The number of benzene rings is 3. The van der Waals surface area contributed by atoms with Crippen LogP contribution in [0.15, 0.2) is 72.3 Å². The molecule has 1 N–H and O–H groups in total. The molecule has 0 spiro atoms. The largest absolute Gasteiger partial charge is 0.507 e. The summed E-state index contributed by atoms with van der Waals surface area (Å²) in [4.78, 5) is 29.8. The van der Waals surface area contributed by atoms with E-state index in [2.05, 4.69) is 0 Å². The number of halogens is 1. The van der Waals surface area contributed by atoms with Gasteiger partial charge < -0.3 is 19.5 Å². The fourth-order valence-corrected chi connectivity index (χ4v) is 4.56. The highest BCUT2D eigenvalue weighted by Gasteiger charge is 2.48. The third kappa shape index (κ3) is 3.77. The maximum absolute atomic E-state index is 14.1. The quantitative estimate of drug-likeness (QED) is 0.345. The van der Waals surface area contributed by atoms with E-state index in [9.17, 15) is 19.1 Å². The van der Waals surface area contributed by atoms with Crippen LogP contribution in [-0.4, -0.2) is 44.1 Å². The predicted octanol–water partition coefficient (Wildman–Crippen LogP) is 4.29. The number of aliphatic hydroxyl groups excluding tert-OH is 1. The molecule has 1 amide bonds. The number of carbonyl (C=O) groups excluding carboxylic acids is 2. The first-order valence-electron chi connectivity index (χ1n) is 11.1. The Hall–Kier alpha value is -4.33. The van der Waals surface area contributed by atoms with Crippen molar-refractivity contribution in [3.63, 3.8) is 0 Å². The Labute approximate surface area is 201 Å². The average molecular weight is 474 g/mol. The van der Waals surface area contributed by atoms with Crippen molar-refractivity contribution >= 4 is 28.8 Å².